The van der Waals surface area contributed by atoms with E-state index in [4.69, 9.17) is 10.2 Å². The van der Waals surface area contributed by atoms with E-state index in [-0.39, 0.29) is 8.73 Å². The molecule has 1 aliphatic heterocycles. The SMILES string of the molecule is Cc1ncc(-c2ccc3c(c2)COc2cc4c(cc2-3)CCc2nc(PN)[nH]c2-4)[nH]1. The number of aryl methyl sites for hydroxylation is 3. The maximum Gasteiger partial charge on any atom is 0.141 e. The fourth-order valence-corrected chi connectivity index (χ4v) is 4.79. The fourth-order valence-electron chi connectivity index (χ4n) is 4.40. The summed E-state index contributed by atoms with van der Waals surface area (Å²) in [6.45, 7) is 2.53. The number of nitrogens with zero attached hydrogens (tertiary/aromatic N) is 2. The van der Waals surface area contributed by atoms with Gasteiger partial charge in [0.15, 0.2) is 0 Å². The van der Waals surface area contributed by atoms with E-state index in [1.165, 1.54) is 27.8 Å². The summed E-state index contributed by atoms with van der Waals surface area (Å²) in [6, 6.07) is 11.0. The van der Waals surface area contributed by atoms with E-state index >= 15 is 0 Å². The van der Waals surface area contributed by atoms with E-state index in [1.807, 2.05) is 13.1 Å². The molecule has 1 aliphatic carbocycles. The van der Waals surface area contributed by atoms with E-state index in [0.29, 0.717) is 6.61 Å². The number of nitrogens with one attached hydrogen (secondary N) is 2. The summed E-state index contributed by atoms with van der Waals surface area (Å²) in [7, 11) is 0.184. The predicted molar refractivity (Wildman–Crippen MR) is 116 cm³/mol. The lowest BCUT2D eigenvalue weighted by molar-refractivity contribution is 0.302. The number of aromatic amines is 2. The lowest BCUT2D eigenvalue weighted by Gasteiger charge is -2.25. The Morgan fingerprint density at radius 1 is 1.03 bits per heavy atom. The van der Waals surface area contributed by atoms with Crippen molar-refractivity contribution in [3.05, 3.63) is 59.2 Å². The van der Waals surface area contributed by atoms with Crippen molar-refractivity contribution in [1.29, 1.82) is 0 Å². The smallest absolute Gasteiger partial charge is 0.141 e. The van der Waals surface area contributed by atoms with Crippen LogP contribution in [0.15, 0.2) is 36.5 Å². The minimum Gasteiger partial charge on any atom is -0.488 e. The van der Waals surface area contributed by atoms with Crippen LogP contribution < -0.4 is 15.8 Å². The Bertz CT molecular complexity index is 1270. The van der Waals surface area contributed by atoms with Crippen LogP contribution in [-0.2, 0) is 19.4 Å². The first-order chi connectivity index (χ1) is 14.2. The van der Waals surface area contributed by atoms with Gasteiger partial charge in [0.25, 0.3) is 0 Å². The first-order valence-electron chi connectivity index (χ1n) is 9.70. The lowest BCUT2D eigenvalue weighted by atomic mass is 9.86. The standard InChI is InChI=1S/C22H20N5OP/c1-11-24-9-19(25-11)13-2-4-15-14(6-13)10-28-20-8-16-12(7-17(15)20)3-5-18-21(16)27-22(26-18)29-23/h2,4,6-9,29H,3,5,10,23H2,1H3,(H,24,25)(H,26,27). The molecule has 2 aromatic carbocycles. The van der Waals surface area contributed by atoms with Gasteiger partial charge in [-0.3, -0.25) is 0 Å². The van der Waals surface area contributed by atoms with Crippen LogP contribution in [0.2, 0.25) is 0 Å². The third kappa shape index (κ3) is 2.64. The molecule has 1 unspecified atom stereocenters. The molecule has 0 saturated carbocycles. The average molecular weight is 401 g/mol. The van der Waals surface area contributed by atoms with Crippen molar-refractivity contribution in [2.24, 2.45) is 5.50 Å². The van der Waals surface area contributed by atoms with E-state index in [2.05, 4.69) is 50.3 Å². The predicted octanol–water partition coefficient (Wildman–Crippen LogP) is 3.61. The molecule has 4 aromatic rings. The van der Waals surface area contributed by atoms with Gasteiger partial charge in [0.2, 0.25) is 0 Å². The number of rotatable bonds is 2. The Morgan fingerprint density at radius 2 is 1.97 bits per heavy atom. The molecule has 0 fully saturated rings. The number of hydrogen-bond donors (Lipinski definition) is 3. The number of benzene rings is 2. The zero-order valence-corrected chi connectivity index (χ0v) is 17.0. The zero-order valence-electron chi connectivity index (χ0n) is 16.0. The van der Waals surface area contributed by atoms with Gasteiger partial charge in [-0.05, 0) is 60.2 Å². The van der Waals surface area contributed by atoms with Gasteiger partial charge in [0.1, 0.15) is 23.7 Å². The molecule has 0 amide bonds. The maximum absolute atomic E-state index is 6.18. The van der Waals surface area contributed by atoms with Crippen LogP contribution >= 0.6 is 8.73 Å². The van der Waals surface area contributed by atoms with Crippen molar-refractivity contribution in [3.8, 4) is 39.4 Å². The van der Waals surface area contributed by atoms with E-state index in [1.54, 1.807) is 0 Å². The Labute approximate surface area is 169 Å². The quantitative estimate of drug-likeness (QED) is 0.448. The van der Waals surface area contributed by atoms with Gasteiger partial charge in [-0.15, -0.1) is 0 Å². The molecule has 0 radical (unpaired) electrons. The summed E-state index contributed by atoms with van der Waals surface area (Å²) in [5.41, 5.74) is 17.2. The summed E-state index contributed by atoms with van der Waals surface area (Å²) >= 11 is 0. The van der Waals surface area contributed by atoms with Crippen LogP contribution in [0.5, 0.6) is 5.75 Å². The molecule has 0 saturated heterocycles. The second-order valence-electron chi connectivity index (χ2n) is 7.60. The number of hydrogen-bond acceptors (Lipinski definition) is 4. The van der Waals surface area contributed by atoms with Gasteiger partial charge in [-0.25, -0.2) is 9.97 Å². The summed E-state index contributed by atoms with van der Waals surface area (Å²) in [5.74, 6) is 1.85. The van der Waals surface area contributed by atoms with Gasteiger partial charge >= 0.3 is 0 Å². The highest BCUT2D eigenvalue weighted by atomic mass is 31.1. The average Bonchev–Trinajstić information content (AvgIpc) is 3.38. The molecule has 3 heterocycles. The fraction of sp³-hybridized carbons (Fsp3) is 0.182. The molecule has 2 aliphatic rings. The summed E-state index contributed by atoms with van der Waals surface area (Å²) in [6.07, 6.45) is 3.80. The summed E-state index contributed by atoms with van der Waals surface area (Å²) < 4.78 is 6.18. The number of imidazole rings is 2. The Balaban J connectivity index is 1.45. The lowest BCUT2D eigenvalue weighted by Crippen LogP contribution is -2.09. The third-order valence-corrected chi connectivity index (χ3v) is 6.32. The second-order valence-corrected chi connectivity index (χ2v) is 8.36. The summed E-state index contributed by atoms with van der Waals surface area (Å²) in [5, 5.41) is 0. The number of ether oxygens (including phenoxy) is 1. The first kappa shape index (κ1) is 17.0. The number of nitrogens with two attached hydrogens (primary N) is 1. The van der Waals surface area contributed by atoms with Crippen molar-refractivity contribution < 1.29 is 4.74 Å². The first-order valence-corrected chi connectivity index (χ1v) is 10.8. The Hall–Kier alpha value is -2.95. The minimum absolute atomic E-state index is 0.184. The Morgan fingerprint density at radius 3 is 2.79 bits per heavy atom. The zero-order chi connectivity index (χ0) is 19.5. The monoisotopic (exact) mass is 401 g/mol. The molecule has 0 bridgehead atoms. The highest BCUT2D eigenvalue weighted by molar-refractivity contribution is 7.43. The van der Waals surface area contributed by atoms with E-state index in [0.717, 1.165) is 52.6 Å². The molecule has 7 heteroatoms. The van der Waals surface area contributed by atoms with Crippen LogP contribution in [0.1, 0.15) is 22.6 Å². The number of aromatic nitrogens is 4. The van der Waals surface area contributed by atoms with Crippen molar-refractivity contribution in [3.63, 3.8) is 0 Å². The summed E-state index contributed by atoms with van der Waals surface area (Å²) in [4.78, 5) is 15.7. The molecule has 6 rings (SSSR count). The molecule has 29 heavy (non-hydrogen) atoms. The van der Waals surface area contributed by atoms with Crippen LogP contribution in [-0.4, -0.2) is 19.9 Å². The van der Waals surface area contributed by atoms with Gasteiger partial charge in [0, 0.05) is 19.9 Å². The highest BCUT2D eigenvalue weighted by Crippen LogP contribution is 2.44. The van der Waals surface area contributed by atoms with Gasteiger partial charge < -0.3 is 20.2 Å². The largest absolute Gasteiger partial charge is 0.488 e. The molecule has 6 nitrogen and oxygen atoms in total. The Kier molecular flexibility index (Phi) is 3.67. The minimum atomic E-state index is 0.184. The third-order valence-electron chi connectivity index (χ3n) is 5.81. The van der Waals surface area contributed by atoms with Crippen LogP contribution in [0, 0.1) is 6.92 Å². The second kappa shape index (κ2) is 6.28. The van der Waals surface area contributed by atoms with Crippen LogP contribution in [0.25, 0.3) is 33.6 Å². The van der Waals surface area contributed by atoms with E-state index in [9.17, 15) is 0 Å². The molecular weight excluding hydrogens is 381 g/mol. The van der Waals surface area contributed by atoms with E-state index < -0.39 is 0 Å². The van der Waals surface area contributed by atoms with Gasteiger partial charge in [-0.1, -0.05) is 12.1 Å². The number of H-pyrrole nitrogens is 2. The van der Waals surface area contributed by atoms with Crippen molar-refractivity contribution in [2.75, 3.05) is 0 Å². The van der Waals surface area contributed by atoms with Crippen molar-refractivity contribution >= 4 is 14.3 Å². The topological polar surface area (TPSA) is 92.6 Å². The molecule has 0 spiro atoms. The molecule has 144 valence electrons. The van der Waals surface area contributed by atoms with Crippen LogP contribution in [0.3, 0.4) is 0 Å². The number of fused-ring (bicyclic) bond motifs is 6. The van der Waals surface area contributed by atoms with Gasteiger partial charge in [-0.2, -0.15) is 0 Å². The molecular formula is C22H20N5OP. The normalized spacial score (nSPS) is 14.3. The van der Waals surface area contributed by atoms with Crippen LogP contribution in [0.4, 0.5) is 0 Å². The molecule has 2 aromatic heterocycles. The van der Waals surface area contributed by atoms with Gasteiger partial charge in [0.05, 0.1) is 23.3 Å². The molecule has 4 N–H and O–H groups in total. The van der Waals surface area contributed by atoms with Crippen molar-refractivity contribution in [2.45, 2.75) is 26.4 Å². The maximum atomic E-state index is 6.18. The van der Waals surface area contributed by atoms with Crippen molar-refractivity contribution in [1.82, 2.24) is 19.9 Å². The molecule has 1 atom stereocenters. The highest BCUT2D eigenvalue weighted by Gasteiger charge is 2.25.